The Morgan fingerprint density at radius 2 is 1.92 bits per heavy atom. The predicted molar refractivity (Wildman–Crippen MR) is 96.2 cm³/mol. The van der Waals surface area contributed by atoms with Gasteiger partial charge in [-0.2, -0.15) is 5.26 Å². The van der Waals surface area contributed by atoms with Crippen LogP contribution in [0.3, 0.4) is 0 Å². The number of aryl methyl sites for hydroxylation is 1. The number of rotatable bonds is 5. The van der Waals surface area contributed by atoms with Crippen LogP contribution in [0.1, 0.15) is 5.56 Å². The quantitative estimate of drug-likeness (QED) is 0.509. The number of nitriles is 1. The molecule has 1 aromatic heterocycles. The van der Waals surface area contributed by atoms with E-state index >= 15 is 0 Å². The van der Waals surface area contributed by atoms with Crippen molar-refractivity contribution in [2.45, 2.75) is 6.92 Å². The SMILES string of the molecule is COc1ccc2c([N+](=O)[O-])c(-c3ccc(C)cc3)nc(OCC#N)c2c1. The predicted octanol–water partition coefficient (Wildman–Crippen LogP) is 4.03. The number of aromatic nitrogens is 1. The van der Waals surface area contributed by atoms with Crippen LogP contribution in [0.15, 0.2) is 42.5 Å². The van der Waals surface area contributed by atoms with Gasteiger partial charge >= 0.3 is 5.69 Å². The van der Waals surface area contributed by atoms with Gasteiger partial charge < -0.3 is 9.47 Å². The van der Waals surface area contributed by atoms with Crippen molar-refractivity contribution in [3.05, 3.63) is 58.1 Å². The summed E-state index contributed by atoms with van der Waals surface area (Å²) in [6.07, 6.45) is 0. The molecule has 3 aromatic rings. The zero-order valence-corrected chi connectivity index (χ0v) is 14.2. The zero-order chi connectivity index (χ0) is 18.7. The third kappa shape index (κ3) is 3.13. The van der Waals surface area contributed by atoms with E-state index in [4.69, 9.17) is 14.7 Å². The number of nitro groups is 1. The van der Waals surface area contributed by atoms with Gasteiger partial charge in [0.2, 0.25) is 5.88 Å². The fourth-order valence-electron chi connectivity index (χ4n) is 2.68. The molecule has 0 saturated carbocycles. The van der Waals surface area contributed by atoms with Crippen molar-refractivity contribution in [3.63, 3.8) is 0 Å². The van der Waals surface area contributed by atoms with Crippen molar-refractivity contribution in [2.75, 3.05) is 13.7 Å². The number of methoxy groups -OCH3 is 1. The normalized spacial score (nSPS) is 10.3. The third-order valence-corrected chi connectivity index (χ3v) is 3.93. The fraction of sp³-hybridized carbons (Fsp3) is 0.158. The van der Waals surface area contributed by atoms with Gasteiger partial charge in [0.15, 0.2) is 12.3 Å². The number of fused-ring (bicyclic) bond motifs is 1. The van der Waals surface area contributed by atoms with Gasteiger partial charge in [0.25, 0.3) is 0 Å². The molecule has 26 heavy (non-hydrogen) atoms. The van der Waals surface area contributed by atoms with Gasteiger partial charge in [-0.1, -0.05) is 29.8 Å². The molecule has 3 rings (SSSR count). The lowest BCUT2D eigenvalue weighted by atomic mass is 10.0. The maximum Gasteiger partial charge on any atom is 0.303 e. The second-order valence-electron chi connectivity index (χ2n) is 5.60. The first-order chi connectivity index (χ1) is 12.5. The highest BCUT2D eigenvalue weighted by Gasteiger charge is 2.25. The summed E-state index contributed by atoms with van der Waals surface area (Å²) in [6.45, 7) is 1.71. The molecule has 2 aromatic carbocycles. The fourth-order valence-corrected chi connectivity index (χ4v) is 2.68. The minimum Gasteiger partial charge on any atom is -0.497 e. The Kier molecular flexibility index (Phi) is 4.67. The van der Waals surface area contributed by atoms with Crippen molar-refractivity contribution in [2.24, 2.45) is 0 Å². The molecule has 130 valence electrons. The molecule has 1 heterocycles. The van der Waals surface area contributed by atoms with Crippen LogP contribution in [-0.4, -0.2) is 23.6 Å². The molecule has 0 radical (unpaired) electrons. The summed E-state index contributed by atoms with van der Waals surface area (Å²) in [5, 5.41) is 21.4. The number of pyridine rings is 1. The summed E-state index contributed by atoms with van der Waals surface area (Å²) in [5.74, 6) is 0.667. The summed E-state index contributed by atoms with van der Waals surface area (Å²) in [7, 11) is 1.50. The highest BCUT2D eigenvalue weighted by molar-refractivity contribution is 6.00. The minimum absolute atomic E-state index is 0.115. The first-order valence-corrected chi connectivity index (χ1v) is 7.78. The molecular weight excluding hydrogens is 334 g/mol. The average Bonchev–Trinajstić information content (AvgIpc) is 2.65. The summed E-state index contributed by atoms with van der Waals surface area (Å²) in [6, 6.07) is 14.0. The Labute approximate surface area is 149 Å². The molecule has 0 aliphatic heterocycles. The molecule has 7 heteroatoms. The van der Waals surface area contributed by atoms with Gasteiger partial charge in [0, 0.05) is 5.56 Å². The lowest BCUT2D eigenvalue weighted by Crippen LogP contribution is -2.02. The number of nitrogens with zero attached hydrogens (tertiary/aromatic N) is 3. The second kappa shape index (κ2) is 7.07. The van der Waals surface area contributed by atoms with Gasteiger partial charge in [0.05, 0.1) is 22.8 Å². The van der Waals surface area contributed by atoms with Gasteiger partial charge in [-0.05, 0) is 25.1 Å². The first kappa shape index (κ1) is 17.2. The molecule has 0 saturated heterocycles. The Hall–Kier alpha value is -3.66. The highest BCUT2D eigenvalue weighted by Crippen LogP contribution is 2.40. The van der Waals surface area contributed by atoms with E-state index in [2.05, 4.69) is 4.98 Å². The third-order valence-electron chi connectivity index (χ3n) is 3.93. The van der Waals surface area contributed by atoms with Gasteiger partial charge in [-0.25, -0.2) is 4.98 Å². The standard InChI is InChI=1S/C19H15N3O4/c1-12-3-5-13(6-4-12)17-18(22(23)24)15-8-7-14(25-2)11-16(15)19(21-17)26-10-9-20/h3-8,11H,10H2,1-2H3. The average molecular weight is 349 g/mol. The van der Waals surface area contributed by atoms with Crippen molar-refractivity contribution in [1.29, 1.82) is 5.26 Å². The second-order valence-corrected chi connectivity index (χ2v) is 5.60. The Balaban J connectivity index is 2.36. The number of benzene rings is 2. The maximum atomic E-state index is 11.8. The molecule has 0 spiro atoms. The lowest BCUT2D eigenvalue weighted by Gasteiger charge is -2.12. The molecule has 0 unspecified atom stereocenters. The van der Waals surface area contributed by atoms with Crippen LogP contribution >= 0.6 is 0 Å². The van der Waals surface area contributed by atoms with Gasteiger partial charge in [0.1, 0.15) is 11.8 Å². The molecule has 0 amide bonds. The van der Waals surface area contributed by atoms with Crippen molar-refractivity contribution >= 4 is 16.5 Å². The Bertz CT molecular complexity index is 1020. The molecule has 0 aliphatic rings. The van der Waals surface area contributed by atoms with Crippen LogP contribution in [0.4, 0.5) is 5.69 Å². The maximum absolute atomic E-state index is 11.8. The largest absolute Gasteiger partial charge is 0.497 e. The van der Waals surface area contributed by atoms with Crippen LogP contribution in [0.2, 0.25) is 0 Å². The van der Waals surface area contributed by atoms with Crippen LogP contribution in [0.5, 0.6) is 11.6 Å². The lowest BCUT2D eigenvalue weighted by molar-refractivity contribution is -0.382. The summed E-state index contributed by atoms with van der Waals surface area (Å²) in [5.41, 5.74) is 1.71. The van der Waals surface area contributed by atoms with Crippen molar-refractivity contribution in [1.82, 2.24) is 4.98 Å². The van der Waals surface area contributed by atoms with Gasteiger partial charge in [-0.3, -0.25) is 10.1 Å². The van der Waals surface area contributed by atoms with Crippen molar-refractivity contribution < 1.29 is 14.4 Å². The number of hydrogen-bond donors (Lipinski definition) is 0. The smallest absolute Gasteiger partial charge is 0.303 e. The van der Waals surface area contributed by atoms with Crippen LogP contribution in [-0.2, 0) is 0 Å². The van der Waals surface area contributed by atoms with Crippen LogP contribution in [0.25, 0.3) is 22.0 Å². The Morgan fingerprint density at radius 3 is 2.54 bits per heavy atom. The number of ether oxygens (including phenoxy) is 2. The van der Waals surface area contributed by atoms with Gasteiger partial charge in [-0.15, -0.1) is 0 Å². The van der Waals surface area contributed by atoms with E-state index in [0.717, 1.165) is 5.56 Å². The van der Waals surface area contributed by atoms with E-state index < -0.39 is 4.92 Å². The van der Waals surface area contributed by atoms with E-state index in [1.54, 1.807) is 30.3 Å². The summed E-state index contributed by atoms with van der Waals surface area (Å²) in [4.78, 5) is 15.7. The van der Waals surface area contributed by atoms with Crippen molar-refractivity contribution in [3.8, 4) is 29.0 Å². The molecule has 0 fully saturated rings. The van der Waals surface area contributed by atoms with E-state index in [-0.39, 0.29) is 23.9 Å². The zero-order valence-electron chi connectivity index (χ0n) is 14.2. The molecule has 0 aliphatic carbocycles. The molecule has 0 bridgehead atoms. The molecule has 0 atom stereocenters. The molecule has 0 N–H and O–H groups in total. The summed E-state index contributed by atoms with van der Waals surface area (Å²) < 4.78 is 10.6. The highest BCUT2D eigenvalue weighted by atomic mass is 16.6. The van der Waals surface area contributed by atoms with E-state index in [0.29, 0.717) is 22.1 Å². The topological polar surface area (TPSA) is 98.3 Å². The first-order valence-electron chi connectivity index (χ1n) is 7.78. The number of hydrogen-bond acceptors (Lipinski definition) is 6. The minimum atomic E-state index is -0.453. The Morgan fingerprint density at radius 1 is 1.19 bits per heavy atom. The van der Waals surface area contributed by atoms with Crippen LogP contribution < -0.4 is 9.47 Å². The molecule has 7 nitrogen and oxygen atoms in total. The monoisotopic (exact) mass is 349 g/mol. The van der Waals surface area contributed by atoms with E-state index in [9.17, 15) is 10.1 Å². The summed E-state index contributed by atoms with van der Waals surface area (Å²) >= 11 is 0. The molecular formula is C19H15N3O4. The van der Waals surface area contributed by atoms with E-state index in [1.165, 1.54) is 7.11 Å². The van der Waals surface area contributed by atoms with E-state index in [1.807, 2.05) is 25.1 Å². The van der Waals surface area contributed by atoms with Crippen LogP contribution in [0, 0.1) is 28.4 Å².